The van der Waals surface area contributed by atoms with Crippen LogP contribution in [0.15, 0.2) is 12.2 Å². The molecular formula is C15H27NO3. The second kappa shape index (κ2) is 6.33. The Balaban J connectivity index is 4.48. The van der Waals surface area contributed by atoms with Crippen molar-refractivity contribution in [2.75, 3.05) is 13.7 Å². The van der Waals surface area contributed by atoms with Crippen molar-refractivity contribution in [1.29, 1.82) is 0 Å². The summed E-state index contributed by atoms with van der Waals surface area (Å²) >= 11 is 0. The zero-order valence-electron chi connectivity index (χ0n) is 13.3. The van der Waals surface area contributed by atoms with Gasteiger partial charge in [-0.1, -0.05) is 6.58 Å². The topological polar surface area (TPSA) is 46.6 Å². The Labute approximate surface area is 116 Å². The molecule has 0 saturated carbocycles. The van der Waals surface area contributed by atoms with E-state index in [1.165, 1.54) is 6.92 Å². The highest BCUT2D eigenvalue weighted by Crippen LogP contribution is 2.21. The average molecular weight is 269 g/mol. The molecule has 0 aliphatic heterocycles. The number of carbonyl (C=O) groups excluding carboxylic acids is 2. The summed E-state index contributed by atoms with van der Waals surface area (Å²) in [6, 6.07) is 0. The van der Waals surface area contributed by atoms with Gasteiger partial charge in [0.25, 0.3) is 0 Å². The Morgan fingerprint density at radius 2 is 1.63 bits per heavy atom. The van der Waals surface area contributed by atoms with Crippen molar-refractivity contribution in [3.05, 3.63) is 12.2 Å². The summed E-state index contributed by atoms with van der Waals surface area (Å²) in [5, 5.41) is 0. The standard InChI is InChI=1S/C15H27NO3/c1-11(2)13(18)15(6,7)19-10-9-14(4,5)16(8)12(3)17/h1,9-10H2,2-8H3. The minimum atomic E-state index is -0.864. The molecule has 4 nitrogen and oxygen atoms in total. The summed E-state index contributed by atoms with van der Waals surface area (Å²) in [5.74, 6) is -0.0764. The summed E-state index contributed by atoms with van der Waals surface area (Å²) in [7, 11) is 1.77. The molecule has 0 aromatic heterocycles. The number of hydrogen-bond donors (Lipinski definition) is 0. The highest BCUT2D eigenvalue weighted by atomic mass is 16.5. The lowest BCUT2D eigenvalue weighted by molar-refractivity contribution is -0.139. The summed E-state index contributed by atoms with van der Waals surface area (Å²) < 4.78 is 5.67. The first-order valence-electron chi connectivity index (χ1n) is 6.50. The molecule has 0 aromatic rings. The van der Waals surface area contributed by atoms with Gasteiger partial charge in [-0.05, 0) is 46.6 Å². The SMILES string of the molecule is C=C(C)C(=O)C(C)(C)OCCC(C)(C)N(C)C(C)=O. The van der Waals surface area contributed by atoms with Crippen molar-refractivity contribution < 1.29 is 14.3 Å². The monoisotopic (exact) mass is 269 g/mol. The van der Waals surface area contributed by atoms with Gasteiger partial charge in [-0.15, -0.1) is 0 Å². The molecule has 19 heavy (non-hydrogen) atoms. The predicted octanol–water partition coefficient (Wildman–Crippen LogP) is 2.57. The van der Waals surface area contributed by atoms with E-state index in [4.69, 9.17) is 4.74 Å². The van der Waals surface area contributed by atoms with E-state index >= 15 is 0 Å². The third-order valence-electron chi connectivity index (χ3n) is 3.49. The molecule has 0 atom stereocenters. The molecule has 0 heterocycles. The number of hydrogen-bond acceptors (Lipinski definition) is 3. The minimum absolute atomic E-state index is 0.0160. The first-order valence-corrected chi connectivity index (χ1v) is 6.50. The molecule has 0 N–H and O–H groups in total. The average Bonchev–Trinajstić information content (AvgIpc) is 2.25. The van der Waals surface area contributed by atoms with Crippen LogP contribution in [0, 0.1) is 0 Å². The van der Waals surface area contributed by atoms with E-state index < -0.39 is 5.60 Å². The summed E-state index contributed by atoms with van der Waals surface area (Å²) in [5.41, 5.74) is -0.671. The van der Waals surface area contributed by atoms with Gasteiger partial charge in [0.05, 0.1) is 6.61 Å². The molecule has 0 aliphatic carbocycles. The van der Waals surface area contributed by atoms with Gasteiger partial charge in [-0.2, -0.15) is 0 Å². The Kier molecular flexibility index (Phi) is 5.94. The quantitative estimate of drug-likeness (QED) is 0.667. The fourth-order valence-corrected chi connectivity index (χ4v) is 1.73. The van der Waals surface area contributed by atoms with E-state index in [1.807, 2.05) is 13.8 Å². The first-order chi connectivity index (χ1) is 8.42. The highest BCUT2D eigenvalue weighted by Gasteiger charge is 2.31. The smallest absolute Gasteiger partial charge is 0.219 e. The van der Waals surface area contributed by atoms with Crippen molar-refractivity contribution in [3.8, 4) is 0 Å². The summed E-state index contributed by atoms with van der Waals surface area (Å²) in [4.78, 5) is 24.9. The third kappa shape index (κ3) is 5.15. The van der Waals surface area contributed by atoms with Gasteiger partial charge in [0.15, 0.2) is 5.78 Å². The van der Waals surface area contributed by atoms with Crippen LogP contribution in [-0.2, 0) is 14.3 Å². The maximum Gasteiger partial charge on any atom is 0.219 e. The maximum absolute atomic E-state index is 11.9. The lowest BCUT2D eigenvalue weighted by Crippen LogP contribution is -2.45. The maximum atomic E-state index is 11.9. The second-order valence-corrected chi connectivity index (χ2v) is 6.11. The van der Waals surface area contributed by atoms with Gasteiger partial charge in [-0.25, -0.2) is 0 Å². The van der Waals surface area contributed by atoms with Crippen LogP contribution in [0.3, 0.4) is 0 Å². The summed E-state index contributed by atoms with van der Waals surface area (Å²) in [6.45, 7) is 14.7. The first kappa shape index (κ1) is 17.8. The van der Waals surface area contributed by atoms with E-state index in [0.29, 0.717) is 18.6 Å². The van der Waals surface area contributed by atoms with Gasteiger partial charge in [-0.3, -0.25) is 9.59 Å². The number of ether oxygens (including phenoxy) is 1. The lowest BCUT2D eigenvalue weighted by Gasteiger charge is -2.36. The number of ketones is 1. The molecular weight excluding hydrogens is 242 g/mol. The summed E-state index contributed by atoms with van der Waals surface area (Å²) in [6.07, 6.45) is 0.663. The molecule has 4 heteroatoms. The van der Waals surface area contributed by atoms with Crippen LogP contribution < -0.4 is 0 Å². The van der Waals surface area contributed by atoms with Gasteiger partial charge in [0, 0.05) is 19.5 Å². The Hall–Kier alpha value is -1.16. The molecule has 0 fully saturated rings. The zero-order chi connectivity index (χ0) is 15.4. The van der Waals surface area contributed by atoms with Gasteiger partial charge >= 0.3 is 0 Å². The molecule has 0 spiro atoms. The molecule has 1 amide bonds. The van der Waals surface area contributed by atoms with Crippen molar-refractivity contribution in [2.45, 2.75) is 59.1 Å². The molecule has 110 valence electrons. The van der Waals surface area contributed by atoms with Crippen molar-refractivity contribution in [2.24, 2.45) is 0 Å². The molecule has 0 rings (SSSR count). The van der Waals surface area contributed by atoms with E-state index in [1.54, 1.807) is 32.7 Å². The van der Waals surface area contributed by atoms with Crippen molar-refractivity contribution in [3.63, 3.8) is 0 Å². The normalized spacial score (nSPS) is 12.2. The Morgan fingerprint density at radius 3 is 2.00 bits per heavy atom. The zero-order valence-corrected chi connectivity index (χ0v) is 13.3. The molecule has 0 bridgehead atoms. The lowest BCUT2D eigenvalue weighted by atomic mass is 9.97. The van der Waals surface area contributed by atoms with Gasteiger partial charge in [0.2, 0.25) is 5.91 Å². The fraction of sp³-hybridized carbons (Fsp3) is 0.733. The Bertz CT molecular complexity index is 370. The van der Waals surface area contributed by atoms with E-state index in [-0.39, 0.29) is 17.2 Å². The minimum Gasteiger partial charge on any atom is -0.367 e. The highest BCUT2D eigenvalue weighted by molar-refractivity contribution is 6.00. The number of Topliss-reactive ketones (excluding diaryl/α,β-unsaturated/α-hetero) is 1. The second-order valence-electron chi connectivity index (χ2n) is 6.11. The van der Waals surface area contributed by atoms with Gasteiger partial charge in [0.1, 0.15) is 5.60 Å². The van der Waals surface area contributed by atoms with Crippen molar-refractivity contribution >= 4 is 11.7 Å². The molecule has 0 radical (unpaired) electrons. The van der Waals surface area contributed by atoms with Crippen LogP contribution in [0.25, 0.3) is 0 Å². The van der Waals surface area contributed by atoms with E-state index in [2.05, 4.69) is 6.58 Å². The largest absolute Gasteiger partial charge is 0.367 e. The van der Waals surface area contributed by atoms with E-state index in [9.17, 15) is 9.59 Å². The van der Waals surface area contributed by atoms with Crippen LogP contribution in [0.4, 0.5) is 0 Å². The number of nitrogens with zero attached hydrogens (tertiary/aromatic N) is 1. The van der Waals surface area contributed by atoms with Crippen molar-refractivity contribution in [1.82, 2.24) is 4.90 Å². The van der Waals surface area contributed by atoms with E-state index in [0.717, 1.165) is 0 Å². The number of carbonyl (C=O) groups is 2. The molecule has 0 aromatic carbocycles. The van der Waals surface area contributed by atoms with Crippen LogP contribution in [0.1, 0.15) is 48.0 Å². The molecule has 0 saturated heterocycles. The van der Waals surface area contributed by atoms with Crippen LogP contribution in [0.5, 0.6) is 0 Å². The molecule has 0 aliphatic rings. The third-order valence-corrected chi connectivity index (χ3v) is 3.49. The van der Waals surface area contributed by atoms with Crippen LogP contribution in [0.2, 0.25) is 0 Å². The van der Waals surface area contributed by atoms with Crippen LogP contribution in [-0.4, -0.2) is 41.4 Å². The molecule has 0 unspecified atom stereocenters. The van der Waals surface area contributed by atoms with Gasteiger partial charge < -0.3 is 9.64 Å². The Morgan fingerprint density at radius 1 is 1.16 bits per heavy atom. The van der Waals surface area contributed by atoms with Crippen LogP contribution >= 0.6 is 0 Å². The number of rotatable bonds is 7. The fourth-order valence-electron chi connectivity index (χ4n) is 1.73. The predicted molar refractivity (Wildman–Crippen MR) is 77.0 cm³/mol. The number of amides is 1.